The second-order valence-corrected chi connectivity index (χ2v) is 6.36. The lowest BCUT2D eigenvalue weighted by molar-refractivity contribution is -0.147. The van der Waals surface area contributed by atoms with E-state index in [0.717, 1.165) is 11.3 Å². The third-order valence-electron chi connectivity index (χ3n) is 4.66. The number of methoxy groups -OCH3 is 1. The average Bonchev–Trinajstić information content (AvgIpc) is 2.89. The Bertz CT molecular complexity index is 859. The predicted molar refractivity (Wildman–Crippen MR) is 88.8 cm³/mol. The molecule has 0 unspecified atom stereocenters. The van der Waals surface area contributed by atoms with Gasteiger partial charge in [0.05, 0.1) is 24.1 Å². The van der Waals surface area contributed by atoms with Crippen molar-refractivity contribution in [2.24, 2.45) is 7.05 Å². The van der Waals surface area contributed by atoms with Gasteiger partial charge in [0.2, 0.25) is 5.78 Å². The van der Waals surface area contributed by atoms with Crippen LogP contribution in [0.5, 0.6) is 0 Å². The number of aromatic nitrogens is 2. The second kappa shape index (κ2) is 6.40. The molecule has 25 heavy (non-hydrogen) atoms. The number of carbonyl (C=O) groups is 2. The maximum Gasteiger partial charge on any atom is 0.323 e. The summed E-state index contributed by atoms with van der Waals surface area (Å²) in [6.45, 7) is 2.22. The summed E-state index contributed by atoms with van der Waals surface area (Å²) >= 11 is 0. The maximum atomic E-state index is 14.2. The number of rotatable bonds is 3. The Balaban J connectivity index is 1.98. The van der Waals surface area contributed by atoms with E-state index in [1.54, 1.807) is 24.6 Å². The Kier molecular flexibility index (Phi) is 4.43. The maximum absolute atomic E-state index is 14.2. The van der Waals surface area contributed by atoms with E-state index in [2.05, 4.69) is 4.98 Å². The van der Waals surface area contributed by atoms with E-state index in [0.29, 0.717) is 18.7 Å². The van der Waals surface area contributed by atoms with Crippen LogP contribution in [0, 0.1) is 12.7 Å². The molecule has 6 nitrogen and oxygen atoms in total. The van der Waals surface area contributed by atoms with Crippen LogP contribution in [-0.2, 0) is 29.5 Å². The predicted octanol–water partition coefficient (Wildman–Crippen LogP) is 1.63. The Labute approximate surface area is 145 Å². The Morgan fingerprint density at radius 3 is 2.68 bits per heavy atom. The van der Waals surface area contributed by atoms with Crippen molar-refractivity contribution in [1.82, 2.24) is 14.5 Å². The van der Waals surface area contributed by atoms with Gasteiger partial charge in [-0.2, -0.15) is 0 Å². The van der Waals surface area contributed by atoms with Gasteiger partial charge in [0.25, 0.3) is 0 Å². The van der Waals surface area contributed by atoms with E-state index < -0.39 is 17.6 Å². The van der Waals surface area contributed by atoms with Gasteiger partial charge in [0.15, 0.2) is 5.82 Å². The number of nitrogens with zero attached hydrogens (tertiary/aromatic N) is 3. The minimum Gasteiger partial charge on any atom is -0.468 e. The number of likely N-dealkylation sites (N-methyl/N-ethyl adjacent to an activating group) is 1. The largest absolute Gasteiger partial charge is 0.468 e. The summed E-state index contributed by atoms with van der Waals surface area (Å²) in [6.07, 6.45) is 0.357. The van der Waals surface area contributed by atoms with Crippen LogP contribution >= 0.6 is 0 Å². The molecule has 0 spiro atoms. The second-order valence-electron chi connectivity index (χ2n) is 6.36. The molecule has 0 radical (unpaired) electrons. The number of fused-ring (bicyclic) bond motifs is 1. The fraction of sp³-hybridized carbons (Fsp3) is 0.389. The molecule has 0 bridgehead atoms. The SMILES string of the molecule is COC(=O)[C@@H]1Cc2nc(C(=O)c3ccc(C)cc3F)n(C)c2CN1C. The fourth-order valence-corrected chi connectivity index (χ4v) is 3.16. The van der Waals surface area contributed by atoms with Crippen molar-refractivity contribution in [3.05, 3.63) is 52.4 Å². The summed E-state index contributed by atoms with van der Waals surface area (Å²) in [6, 6.07) is 4.06. The zero-order chi connectivity index (χ0) is 18.3. The lowest BCUT2D eigenvalue weighted by Gasteiger charge is -2.30. The van der Waals surface area contributed by atoms with E-state index in [4.69, 9.17) is 4.74 Å². The van der Waals surface area contributed by atoms with Crippen LogP contribution in [0.15, 0.2) is 18.2 Å². The monoisotopic (exact) mass is 345 g/mol. The number of ether oxygens (including phenoxy) is 1. The molecule has 7 heteroatoms. The standard InChI is InChI=1S/C18H20FN3O3/c1-10-5-6-11(12(19)7-10)16(23)17-20-13-8-14(18(24)25-4)21(2)9-15(13)22(17)3/h5-7,14H,8-9H2,1-4H3/t14-/m0/s1. The van der Waals surface area contributed by atoms with E-state index >= 15 is 0 Å². The average molecular weight is 345 g/mol. The summed E-state index contributed by atoms with van der Waals surface area (Å²) in [7, 11) is 4.90. The molecule has 2 heterocycles. The topological polar surface area (TPSA) is 64.4 Å². The number of halogens is 1. The van der Waals surface area contributed by atoms with Gasteiger partial charge < -0.3 is 9.30 Å². The molecule has 0 amide bonds. The van der Waals surface area contributed by atoms with E-state index in [-0.39, 0.29) is 17.4 Å². The summed E-state index contributed by atoms with van der Waals surface area (Å²) < 4.78 is 20.7. The normalized spacial score (nSPS) is 17.2. The Morgan fingerprint density at radius 1 is 1.32 bits per heavy atom. The van der Waals surface area contributed by atoms with Crippen molar-refractivity contribution in [2.45, 2.75) is 25.9 Å². The van der Waals surface area contributed by atoms with E-state index in [1.807, 2.05) is 11.9 Å². The highest BCUT2D eigenvalue weighted by molar-refractivity contribution is 6.07. The molecule has 1 aliphatic heterocycles. The molecule has 132 valence electrons. The first-order valence-electron chi connectivity index (χ1n) is 7.96. The quantitative estimate of drug-likeness (QED) is 0.625. The number of hydrogen-bond acceptors (Lipinski definition) is 5. The van der Waals surface area contributed by atoms with Crippen molar-refractivity contribution in [3.63, 3.8) is 0 Å². The van der Waals surface area contributed by atoms with Gasteiger partial charge in [0, 0.05) is 20.0 Å². The number of aryl methyl sites for hydroxylation is 1. The van der Waals surface area contributed by atoms with Crippen LogP contribution in [0.2, 0.25) is 0 Å². The Hall–Kier alpha value is -2.54. The number of imidazole rings is 1. The first-order chi connectivity index (χ1) is 11.8. The number of esters is 1. The number of carbonyl (C=O) groups excluding carboxylic acids is 2. The summed E-state index contributed by atoms with van der Waals surface area (Å²) in [5.74, 6) is -1.19. The first-order valence-corrected chi connectivity index (χ1v) is 7.96. The first kappa shape index (κ1) is 17.3. The third kappa shape index (κ3) is 2.95. The molecule has 0 saturated carbocycles. The summed E-state index contributed by atoms with van der Waals surface area (Å²) in [4.78, 5) is 30.9. The van der Waals surface area contributed by atoms with Gasteiger partial charge in [-0.3, -0.25) is 14.5 Å². The highest BCUT2D eigenvalue weighted by atomic mass is 19.1. The minimum absolute atomic E-state index is 0.00563. The van der Waals surface area contributed by atoms with E-state index in [1.165, 1.54) is 19.2 Å². The molecule has 0 fully saturated rings. The van der Waals surface area contributed by atoms with Crippen LogP contribution in [0.3, 0.4) is 0 Å². The smallest absolute Gasteiger partial charge is 0.323 e. The van der Waals surface area contributed by atoms with Gasteiger partial charge in [-0.05, 0) is 31.7 Å². The van der Waals surface area contributed by atoms with Crippen LogP contribution in [-0.4, -0.2) is 46.4 Å². The van der Waals surface area contributed by atoms with Crippen LogP contribution in [0.25, 0.3) is 0 Å². The van der Waals surface area contributed by atoms with Crippen LogP contribution in [0.4, 0.5) is 4.39 Å². The van der Waals surface area contributed by atoms with Crippen molar-refractivity contribution in [3.8, 4) is 0 Å². The third-order valence-corrected chi connectivity index (χ3v) is 4.66. The highest BCUT2D eigenvalue weighted by Gasteiger charge is 2.34. The van der Waals surface area contributed by atoms with Crippen LogP contribution < -0.4 is 0 Å². The zero-order valence-electron chi connectivity index (χ0n) is 14.7. The van der Waals surface area contributed by atoms with E-state index in [9.17, 15) is 14.0 Å². The Morgan fingerprint density at radius 2 is 2.04 bits per heavy atom. The molecule has 1 atom stereocenters. The molecule has 2 aromatic rings. The van der Waals surface area contributed by atoms with Crippen molar-refractivity contribution in [2.75, 3.05) is 14.2 Å². The zero-order valence-corrected chi connectivity index (χ0v) is 14.7. The number of ketones is 1. The molecular formula is C18H20FN3O3. The highest BCUT2D eigenvalue weighted by Crippen LogP contribution is 2.25. The lowest BCUT2D eigenvalue weighted by Crippen LogP contribution is -2.44. The fourth-order valence-electron chi connectivity index (χ4n) is 3.16. The van der Waals surface area contributed by atoms with Gasteiger partial charge in [-0.1, -0.05) is 6.07 Å². The lowest BCUT2D eigenvalue weighted by atomic mass is 10.0. The minimum atomic E-state index is -0.560. The molecule has 3 rings (SSSR count). The summed E-state index contributed by atoms with van der Waals surface area (Å²) in [5.41, 5.74) is 2.26. The molecule has 1 aromatic heterocycles. The van der Waals surface area contributed by atoms with Crippen molar-refractivity contribution >= 4 is 11.8 Å². The van der Waals surface area contributed by atoms with Crippen molar-refractivity contribution in [1.29, 1.82) is 0 Å². The molecule has 0 aliphatic carbocycles. The number of benzene rings is 1. The molecular weight excluding hydrogens is 325 g/mol. The van der Waals surface area contributed by atoms with Gasteiger partial charge in [0.1, 0.15) is 11.9 Å². The van der Waals surface area contributed by atoms with Gasteiger partial charge >= 0.3 is 5.97 Å². The molecule has 1 aromatic carbocycles. The van der Waals surface area contributed by atoms with Gasteiger partial charge in [-0.15, -0.1) is 0 Å². The van der Waals surface area contributed by atoms with Gasteiger partial charge in [-0.25, -0.2) is 9.37 Å². The molecule has 0 N–H and O–H groups in total. The number of hydrogen-bond donors (Lipinski definition) is 0. The summed E-state index contributed by atoms with van der Waals surface area (Å²) in [5, 5.41) is 0. The molecule has 1 aliphatic rings. The van der Waals surface area contributed by atoms with Crippen LogP contribution in [0.1, 0.15) is 33.1 Å². The van der Waals surface area contributed by atoms with Crippen molar-refractivity contribution < 1.29 is 18.7 Å². The molecule has 0 saturated heterocycles.